The van der Waals surface area contributed by atoms with Crippen molar-refractivity contribution >= 4 is 17.9 Å². The zero-order chi connectivity index (χ0) is 47.2. The van der Waals surface area contributed by atoms with Gasteiger partial charge in [-0.1, -0.05) is 203 Å². The number of carbonyl (C=O) groups is 3. The predicted octanol–water partition coefficient (Wildman–Crippen LogP) is 16.2. The topological polar surface area (TPSA) is 78.9 Å². The van der Waals surface area contributed by atoms with Crippen molar-refractivity contribution in [1.29, 1.82) is 0 Å². The van der Waals surface area contributed by atoms with Crippen molar-refractivity contribution in [3.63, 3.8) is 0 Å². The second kappa shape index (κ2) is 51.1. The minimum absolute atomic E-state index is 0.0548. The van der Waals surface area contributed by atoms with Gasteiger partial charge in [-0.2, -0.15) is 0 Å². The van der Waals surface area contributed by atoms with Crippen LogP contribution in [0.15, 0.2) is 182 Å². The molecule has 0 aliphatic heterocycles. The van der Waals surface area contributed by atoms with Crippen LogP contribution in [0.4, 0.5) is 0 Å². The van der Waals surface area contributed by atoms with Crippen LogP contribution < -0.4 is 0 Å². The summed E-state index contributed by atoms with van der Waals surface area (Å²) in [6.45, 7) is 6.02. The molecule has 0 fully saturated rings. The molecular formula is C59H84O6. The highest BCUT2D eigenvalue weighted by Crippen LogP contribution is 2.06. The molecule has 0 aliphatic carbocycles. The summed E-state index contributed by atoms with van der Waals surface area (Å²) in [5.41, 5.74) is 0. The summed E-state index contributed by atoms with van der Waals surface area (Å²) in [5, 5.41) is 0. The van der Waals surface area contributed by atoms with Gasteiger partial charge in [-0.3, -0.25) is 14.4 Å². The van der Waals surface area contributed by atoms with Crippen LogP contribution in [0, 0.1) is 0 Å². The van der Waals surface area contributed by atoms with Crippen molar-refractivity contribution in [2.45, 2.75) is 155 Å². The quantitative estimate of drug-likeness (QED) is 0.0264. The van der Waals surface area contributed by atoms with E-state index in [2.05, 4.69) is 179 Å². The molecule has 1 atom stereocenters. The van der Waals surface area contributed by atoms with Crippen LogP contribution in [-0.2, 0) is 28.6 Å². The standard InChI is InChI=1S/C59H84O6/c1-4-7-10-13-16-19-22-25-28-29-32-34-37-40-43-46-49-52-58(61)64-55-56(65-59(62)53-50-47-44-41-38-35-31-27-24-21-18-15-12-9-6-3)54-63-57(60)51-48-45-42-39-36-33-30-26-23-20-17-14-11-8-5-2/h7-12,16-21,25-28,30-32,34,36,38-41,43,45,47-48,50,56H,4-6,13-15,22-24,29,33,35,37,42,44,46,49,51-55H2,1-3H3/b10-7-,11-8-,12-9-,19-16-,20-17-,21-18-,28-25-,30-26-,31-27-,34-32-,39-36-,41-38-,43-40-,48-45-,50-47-. The lowest BCUT2D eigenvalue weighted by molar-refractivity contribution is -0.166. The first-order valence-corrected chi connectivity index (χ1v) is 24.3. The Kier molecular flexibility index (Phi) is 46.8. The molecule has 0 aromatic carbocycles. The Balaban J connectivity index is 4.78. The third kappa shape index (κ3) is 49.4. The second-order valence-electron chi connectivity index (χ2n) is 14.9. The third-order valence-corrected chi connectivity index (χ3v) is 8.95. The fourth-order valence-electron chi connectivity index (χ4n) is 5.45. The molecule has 0 heterocycles. The van der Waals surface area contributed by atoms with Crippen LogP contribution in [0.5, 0.6) is 0 Å². The lowest BCUT2D eigenvalue weighted by atomic mass is 10.2. The van der Waals surface area contributed by atoms with E-state index >= 15 is 0 Å². The number of hydrogen-bond acceptors (Lipinski definition) is 6. The van der Waals surface area contributed by atoms with Gasteiger partial charge < -0.3 is 14.2 Å². The largest absolute Gasteiger partial charge is 0.462 e. The molecule has 356 valence electrons. The van der Waals surface area contributed by atoms with Crippen LogP contribution >= 0.6 is 0 Å². The Morgan fingerprint density at radius 2 is 0.585 bits per heavy atom. The average Bonchev–Trinajstić information content (AvgIpc) is 3.30. The van der Waals surface area contributed by atoms with Gasteiger partial charge in [0.1, 0.15) is 13.2 Å². The molecule has 0 radical (unpaired) electrons. The third-order valence-electron chi connectivity index (χ3n) is 8.95. The van der Waals surface area contributed by atoms with Crippen molar-refractivity contribution in [2.24, 2.45) is 0 Å². The Labute approximate surface area is 395 Å². The lowest BCUT2D eigenvalue weighted by Crippen LogP contribution is -2.30. The van der Waals surface area contributed by atoms with Gasteiger partial charge in [-0.25, -0.2) is 0 Å². The Morgan fingerprint density at radius 1 is 0.323 bits per heavy atom. The number of ether oxygens (including phenoxy) is 3. The molecule has 65 heavy (non-hydrogen) atoms. The van der Waals surface area contributed by atoms with Crippen molar-refractivity contribution in [2.75, 3.05) is 13.2 Å². The SMILES string of the molecule is CC/C=C\C/C=C\C/C=C\C/C=C\C/C=C\CCCC(=O)OCC(COC(=O)C/C=C\C/C=C\C/C=C\C/C=C\C/C=C\CC)OC(=O)C/C=C\C/C=C\C/C=C\C/C=C\C/C=C\CC. The van der Waals surface area contributed by atoms with Gasteiger partial charge in [0.05, 0.1) is 12.8 Å². The molecular weight excluding hydrogens is 805 g/mol. The molecule has 6 nitrogen and oxygen atoms in total. The molecule has 0 bridgehead atoms. The van der Waals surface area contributed by atoms with E-state index in [9.17, 15) is 14.4 Å². The number of carbonyl (C=O) groups excluding carboxylic acids is 3. The zero-order valence-electron chi connectivity index (χ0n) is 40.4. The number of esters is 3. The van der Waals surface area contributed by atoms with Gasteiger partial charge in [-0.05, 0) is 109 Å². The van der Waals surface area contributed by atoms with E-state index in [-0.39, 0.29) is 38.4 Å². The minimum Gasteiger partial charge on any atom is -0.462 e. The number of unbranched alkanes of at least 4 members (excludes halogenated alkanes) is 1. The van der Waals surface area contributed by atoms with Crippen LogP contribution in [0.1, 0.15) is 149 Å². The molecule has 0 spiro atoms. The van der Waals surface area contributed by atoms with E-state index in [0.717, 1.165) is 89.9 Å². The van der Waals surface area contributed by atoms with Crippen molar-refractivity contribution in [3.05, 3.63) is 182 Å². The number of rotatable bonds is 40. The van der Waals surface area contributed by atoms with Crippen molar-refractivity contribution < 1.29 is 28.6 Å². The summed E-state index contributed by atoms with van der Waals surface area (Å²) in [6.07, 6.45) is 77.9. The highest BCUT2D eigenvalue weighted by molar-refractivity contribution is 5.72. The van der Waals surface area contributed by atoms with Gasteiger partial charge in [0.25, 0.3) is 0 Å². The first kappa shape index (κ1) is 59.5. The predicted molar refractivity (Wildman–Crippen MR) is 278 cm³/mol. The summed E-state index contributed by atoms with van der Waals surface area (Å²) in [7, 11) is 0. The Bertz CT molecular complexity index is 1630. The van der Waals surface area contributed by atoms with Crippen LogP contribution in [0.2, 0.25) is 0 Å². The second-order valence-corrected chi connectivity index (χ2v) is 14.9. The fraction of sp³-hybridized carbons (Fsp3) is 0.441. The molecule has 0 rings (SSSR count). The molecule has 0 aromatic heterocycles. The molecule has 0 aromatic rings. The van der Waals surface area contributed by atoms with Gasteiger partial charge >= 0.3 is 17.9 Å². The molecule has 0 aliphatic rings. The molecule has 0 amide bonds. The fourth-order valence-corrected chi connectivity index (χ4v) is 5.45. The van der Waals surface area contributed by atoms with Crippen molar-refractivity contribution in [1.82, 2.24) is 0 Å². The lowest BCUT2D eigenvalue weighted by Gasteiger charge is -2.17. The molecule has 0 saturated heterocycles. The van der Waals surface area contributed by atoms with Crippen LogP contribution in [0.3, 0.4) is 0 Å². The summed E-state index contributed by atoms with van der Waals surface area (Å²) in [5.74, 6) is -1.32. The van der Waals surface area contributed by atoms with Gasteiger partial charge in [0.2, 0.25) is 0 Å². The maximum atomic E-state index is 12.7. The van der Waals surface area contributed by atoms with E-state index in [1.165, 1.54) is 0 Å². The van der Waals surface area contributed by atoms with Gasteiger partial charge in [-0.15, -0.1) is 0 Å². The van der Waals surface area contributed by atoms with Gasteiger partial charge in [0.15, 0.2) is 6.10 Å². The Hall–Kier alpha value is -5.49. The normalized spacial score (nSPS) is 13.7. The molecule has 1 unspecified atom stereocenters. The Morgan fingerprint density at radius 3 is 0.908 bits per heavy atom. The van der Waals surface area contributed by atoms with Crippen molar-refractivity contribution in [3.8, 4) is 0 Å². The zero-order valence-corrected chi connectivity index (χ0v) is 40.4. The van der Waals surface area contributed by atoms with Crippen LogP contribution in [-0.4, -0.2) is 37.2 Å². The maximum absolute atomic E-state index is 12.7. The summed E-state index contributed by atoms with van der Waals surface area (Å²) in [6, 6.07) is 0. The van der Waals surface area contributed by atoms with E-state index in [1.807, 2.05) is 12.2 Å². The van der Waals surface area contributed by atoms with E-state index in [0.29, 0.717) is 19.3 Å². The number of allylic oxidation sites excluding steroid dienone is 28. The minimum atomic E-state index is -0.905. The highest BCUT2D eigenvalue weighted by atomic mass is 16.6. The monoisotopic (exact) mass is 889 g/mol. The van der Waals surface area contributed by atoms with E-state index < -0.39 is 18.0 Å². The number of hydrogen-bond donors (Lipinski definition) is 0. The molecule has 0 saturated carbocycles. The van der Waals surface area contributed by atoms with E-state index in [1.54, 1.807) is 12.2 Å². The summed E-state index contributed by atoms with van der Waals surface area (Å²) < 4.78 is 16.5. The molecule has 0 N–H and O–H groups in total. The first-order chi connectivity index (χ1) is 32.0. The first-order valence-electron chi connectivity index (χ1n) is 24.3. The average molecular weight is 889 g/mol. The van der Waals surface area contributed by atoms with Gasteiger partial charge in [0, 0.05) is 6.42 Å². The van der Waals surface area contributed by atoms with Crippen LogP contribution in [0.25, 0.3) is 0 Å². The highest BCUT2D eigenvalue weighted by Gasteiger charge is 2.18. The summed E-state index contributed by atoms with van der Waals surface area (Å²) >= 11 is 0. The molecule has 6 heteroatoms. The smallest absolute Gasteiger partial charge is 0.310 e. The maximum Gasteiger partial charge on any atom is 0.310 e. The summed E-state index contributed by atoms with van der Waals surface area (Å²) in [4.78, 5) is 37.8. The van der Waals surface area contributed by atoms with E-state index in [4.69, 9.17) is 14.2 Å².